The van der Waals surface area contributed by atoms with Crippen molar-refractivity contribution in [2.24, 2.45) is 0 Å². The van der Waals surface area contributed by atoms with E-state index in [0.29, 0.717) is 18.5 Å². The van der Waals surface area contributed by atoms with Crippen LogP contribution in [0.25, 0.3) is 0 Å². The molecule has 0 bridgehead atoms. The standard InChI is InChI=1S/C16H16FNO2/c1-20-15-7-5-12(6-8-15)9-10-18-16(19)13-3-2-4-14(17)11-13/h2-8,11H,9-10H2,1H3,(H,18,19). The zero-order valence-corrected chi connectivity index (χ0v) is 11.2. The molecule has 4 heteroatoms. The molecule has 0 aliphatic heterocycles. The van der Waals surface area contributed by atoms with Crippen LogP contribution in [-0.4, -0.2) is 19.6 Å². The molecule has 0 saturated carbocycles. The number of carbonyl (C=O) groups is 1. The van der Waals surface area contributed by atoms with E-state index in [2.05, 4.69) is 5.32 Å². The topological polar surface area (TPSA) is 38.3 Å². The van der Waals surface area contributed by atoms with Crippen molar-refractivity contribution in [2.75, 3.05) is 13.7 Å². The smallest absolute Gasteiger partial charge is 0.251 e. The Labute approximate surface area is 117 Å². The van der Waals surface area contributed by atoms with Gasteiger partial charge in [0, 0.05) is 12.1 Å². The second-order valence-electron chi connectivity index (χ2n) is 4.36. The molecule has 2 aromatic carbocycles. The van der Waals surface area contributed by atoms with Crippen molar-refractivity contribution < 1.29 is 13.9 Å². The molecule has 0 spiro atoms. The molecule has 0 aliphatic carbocycles. The molecule has 0 atom stereocenters. The molecular formula is C16H16FNO2. The number of ether oxygens (including phenoxy) is 1. The summed E-state index contributed by atoms with van der Waals surface area (Å²) < 4.78 is 18.1. The summed E-state index contributed by atoms with van der Waals surface area (Å²) in [5.74, 6) is 0.128. The fourth-order valence-electron chi connectivity index (χ4n) is 1.84. The van der Waals surface area contributed by atoms with Gasteiger partial charge in [-0.3, -0.25) is 4.79 Å². The van der Waals surface area contributed by atoms with Crippen molar-refractivity contribution in [1.29, 1.82) is 0 Å². The van der Waals surface area contributed by atoms with Crippen molar-refractivity contribution in [2.45, 2.75) is 6.42 Å². The first kappa shape index (κ1) is 14.1. The lowest BCUT2D eigenvalue weighted by molar-refractivity contribution is 0.0953. The van der Waals surface area contributed by atoms with Gasteiger partial charge in [0.05, 0.1) is 7.11 Å². The highest BCUT2D eigenvalue weighted by atomic mass is 19.1. The third-order valence-corrected chi connectivity index (χ3v) is 2.95. The van der Waals surface area contributed by atoms with Gasteiger partial charge in [-0.1, -0.05) is 18.2 Å². The summed E-state index contributed by atoms with van der Waals surface area (Å²) in [5, 5.41) is 2.77. The number of hydrogen-bond acceptors (Lipinski definition) is 2. The maximum atomic E-state index is 13.0. The molecule has 0 unspecified atom stereocenters. The van der Waals surface area contributed by atoms with Crippen LogP contribution in [-0.2, 0) is 6.42 Å². The van der Waals surface area contributed by atoms with E-state index in [1.165, 1.54) is 18.2 Å². The Hall–Kier alpha value is -2.36. The first-order chi connectivity index (χ1) is 9.69. The zero-order chi connectivity index (χ0) is 14.4. The van der Waals surface area contributed by atoms with Gasteiger partial charge in [-0.05, 0) is 42.3 Å². The first-order valence-corrected chi connectivity index (χ1v) is 6.36. The minimum atomic E-state index is -0.409. The largest absolute Gasteiger partial charge is 0.497 e. The van der Waals surface area contributed by atoms with Crippen molar-refractivity contribution in [3.05, 3.63) is 65.5 Å². The number of rotatable bonds is 5. The van der Waals surface area contributed by atoms with Crippen LogP contribution in [0.3, 0.4) is 0 Å². The first-order valence-electron chi connectivity index (χ1n) is 6.36. The zero-order valence-electron chi connectivity index (χ0n) is 11.2. The number of amides is 1. The van der Waals surface area contributed by atoms with Gasteiger partial charge >= 0.3 is 0 Å². The molecule has 0 heterocycles. The molecule has 2 rings (SSSR count). The Morgan fingerprint density at radius 2 is 1.95 bits per heavy atom. The number of halogens is 1. The number of benzene rings is 2. The van der Waals surface area contributed by atoms with Gasteiger partial charge in [0.25, 0.3) is 5.91 Å². The molecular weight excluding hydrogens is 257 g/mol. The minimum absolute atomic E-state index is 0.266. The van der Waals surface area contributed by atoms with E-state index in [1.54, 1.807) is 13.2 Å². The lowest BCUT2D eigenvalue weighted by Crippen LogP contribution is -2.25. The maximum absolute atomic E-state index is 13.0. The Bertz CT molecular complexity index is 581. The summed E-state index contributed by atoms with van der Waals surface area (Å²) in [6, 6.07) is 13.3. The van der Waals surface area contributed by atoms with Crippen molar-refractivity contribution >= 4 is 5.91 Å². The molecule has 3 nitrogen and oxygen atoms in total. The lowest BCUT2D eigenvalue weighted by atomic mass is 10.1. The molecule has 0 saturated heterocycles. The molecule has 2 aromatic rings. The van der Waals surface area contributed by atoms with Gasteiger partial charge in [0.1, 0.15) is 11.6 Å². The van der Waals surface area contributed by atoms with Gasteiger partial charge in [-0.2, -0.15) is 0 Å². The van der Waals surface area contributed by atoms with Crippen molar-refractivity contribution in [3.63, 3.8) is 0 Å². The third kappa shape index (κ3) is 3.82. The summed E-state index contributed by atoms with van der Waals surface area (Å²) in [4.78, 5) is 11.8. The maximum Gasteiger partial charge on any atom is 0.251 e. The van der Waals surface area contributed by atoms with Crippen LogP contribution in [0.2, 0.25) is 0 Å². The highest BCUT2D eigenvalue weighted by molar-refractivity contribution is 5.94. The average Bonchev–Trinajstić information content (AvgIpc) is 2.48. The van der Waals surface area contributed by atoms with E-state index < -0.39 is 5.82 Å². The number of carbonyl (C=O) groups excluding carboxylic acids is 1. The Morgan fingerprint density at radius 3 is 2.60 bits per heavy atom. The predicted octanol–water partition coefficient (Wildman–Crippen LogP) is 2.81. The molecule has 0 aromatic heterocycles. The molecule has 0 radical (unpaired) electrons. The van der Waals surface area contributed by atoms with E-state index in [9.17, 15) is 9.18 Å². The summed E-state index contributed by atoms with van der Waals surface area (Å²) in [6.07, 6.45) is 0.713. The highest BCUT2D eigenvalue weighted by Crippen LogP contribution is 2.11. The van der Waals surface area contributed by atoms with Crippen LogP contribution in [0.4, 0.5) is 4.39 Å². The summed E-state index contributed by atoms with van der Waals surface area (Å²) >= 11 is 0. The summed E-state index contributed by atoms with van der Waals surface area (Å²) in [6.45, 7) is 0.502. The Balaban J connectivity index is 1.84. The van der Waals surface area contributed by atoms with E-state index >= 15 is 0 Å². The number of nitrogens with one attached hydrogen (secondary N) is 1. The molecule has 1 amide bonds. The van der Waals surface area contributed by atoms with Gasteiger partial charge in [-0.15, -0.1) is 0 Å². The SMILES string of the molecule is COc1ccc(CCNC(=O)c2cccc(F)c2)cc1. The third-order valence-electron chi connectivity index (χ3n) is 2.95. The van der Waals surface area contributed by atoms with Crippen molar-refractivity contribution in [1.82, 2.24) is 5.32 Å². The van der Waals surface area contributed by atoms with Crippen molar-refractivity contribution in [3.8, 4) is 5.75 Å². The molecule has 104 valence electrons. The molecule has 1 N–H and O–H groups in total. The second kappa shape index (κ2) is 6.70. The average molecular weight is 273 g/mol. The monoisotopic (exact) mass is 273 g/mol. The molecule has 0 fully saturated rings. The Morgan fingerprint density at radius 1 is 1.20 bits per heavy atom. The molecule has 20 heavy (non-hydrogen) atoms. The fourth-order valence-corrected chi connectivity index (χ4v) is 1.84. The quantitative estimate of drug-likeness (QED) is 0.909. The predicted molar refractivity (Wildman–Crippen MR) is 75.4 cm³/mol. The number of methoxy groups -OCH3 is 1. The van der Waals surface area contributed by atoms with Crippen LogP contribution in [0, 0.1) is 5.82 Å². The van der Waals surface area contributed by atoms with E-state index in [1.807, 2.05) is 24.3 Å². The van der Waals surface area contributed by atoms with Crippen LogP contribution in [0.1, 0.15) is 15.9 Å². The lowest BCUT2D eigenvalue weighted by Gasteiger charge is -2.06. The fraction of sp³-hybridized carbons (Fsp3) is 0.188. The van der Waals surface area contributed by atoms with Crippen LogP contribution >= 0.6 is 0 Å². The van der Waals surface area contributed by atoms with Crippen LogP contribution in [0.5, 0.6) is 5.75 Å². The van der Waals surface area contributed by atoms with Gasteiger partial charge < -0.3 is 10.1 Å². The second-order valence-corrected chi connectivity index (χ2v) is 4.36. The van der Waals surface area contributed by atoms with E-state index in [-0.39, 0.29) is 5.91 Å². The highest BCUT2D eigenvalue weighted by Gasteiger charge is 2.05. The summed E-state index contributed by atoms with van der Waals surface area (Å²) in [5.41, 5.74) is 1.44. The minimum Gasteiger partial charge on any atom is -0.497 e. The normalized spacial score (nSPS) is 10.1. The Kier molecular flexibility index (Phi) is 4.71. The molecule has 0 aliphatic rings. The van der Waals surface area contributed by atoms with E-state index in [4.69, 9.17) is 4.74 Å². The van der Waals surface area contributed by atoms with Gasteiger partial charge in [0.2, 0.25) is 0 Å². The van der Waals surface area contributed by atoms with Crippen LogP contribution < -0.4 is 10.1 Å². The van der Waals surface area contributed by atoms with Gasteiger partial charge in [0.15, 0.2) is 0 Å². The van der Waals surface area contributed by atoms with Gasteiger partial charge in [-0.25, -0.2) is 4.39 Å². The number of hydrogen-bond donors (Lipinski definition) is 1. The summed E-state index contributed by atoms with van der Waals surface area (Å²) in [7, 11) is 1.62. The van der Waals surface area contributed by atoms with E-state index in [0.717, 1.165) is 11.3 Å². The van der Waals surface area contributed by atoms with Crippen LogP contribution in [0.15, 0.2) is 48.5 Å².